The summed E-state index contributed by atoms with van der Waals surface area (Å²) in [5.74, 6) is 0.388. The van der Waals surface area contributed by atoms with E-state index in [2.05, 4.69) is 15.5 Å². The van der Waals surface area contributed by atoms with Crippen LogP contribution in [-0.4, -0.2) is 29.8 Å². The van der Waals surface area contributed by atoms with Crippen LogP contribution in [0.25, 0.3) is 10.6 Å². The minimum Gasteiger partial charge on any atom is -0.490 e. The van der Waals surface area contributed by atoms with E-state index in [1.54, 1.807) is 24.3 Å². The minimum absolute atomic E-state index is 0.0908. The fraction of sp³-hybridized carbons (Fsp3) is 0.222. The number of hydrogen-bond donors (Lipinski definition) is 1. The van der Waals surface area contributed by atoms with Gasteiger partial charge in [-0.15, -0.1) is 22.7 Å². The van der Waals surface area contributed by atoms with Crippen molar-refractivity contribution in [2.45, 2.75) is 13.8 Å². The number of aromatic nitrogens is 1. The van der Waals surface area contributed by atoms with Crippen molar-refractivity contribution in [1.82, 2.24) is 4.98 Å². The lowest BCUT2D eigenvalue weighted by atomic mass is 10.2. The molecule has 0 aliphatic rings. The zero-order chi connectivity index (χ0) is 20.1. The second-order valence-corrected chi connectivity index (χ2v) is 7.68. The average molecular weight is 419 g/mol. The number of anilines is 1. The molecular weight excluding hydrogens is 400 g/mol. The van der Waals surface area contributed by atoms with Crippen molar-refractivity contribution >= 4 is 39.7 Å². The Kier molecular flexibility index (Phi) is 6.22. The summed E-state index contributed by atoms with van der Waals surface area (Å²) >= 11 is 3.12. The molecule has 2 heterocycles. The van der Waals surface area contributed by atoms with Crippen LogP contribution in [0.5, 0.6) is 11.5 Å². The number of thiazole rings is 1. The van der Waals surface area contributed by atoms with Crippen molar-refractivity contribution in [1.29, 1.82) is 0 Å². The highest BCUT2D eigenvalue weighted by Gasteiger charge is 2.21. The molecule has 28 heavy (non-hydrogen) atoms. The van der Waals surface area contributed by atoms with Crippen molar-refractivity contribution in [3.8, 4) is 22.1 Å². The number of nitro groups is 1. The first kappa shape index (κ1) is 19.8. The zero-order valence-corrected chi connectivity index (χ0v) is 17.1. The summed E-state index contributed by atoms with van der Waals surface area (Å²) in [7, 11) is 1.37. The highest BCUT2D eigenvalue weighted by Crippen LogP contribution is 2.38. The minimum atomic E-state index is -0.510. The van der Waals surface area contributed by atoms with Crippen molar-refractivity contribution in [2.75, 3.05) is 19.1 Å². The summed E-state index contributed by atoms with van der Waals surface area (Å²) in [5.41, 5.74) is 4.14. The third-order valence-corrected chi connectivity index (χ3v) is 5.44. The molecule has 0 aliphatic carbocycles. The molecule has 0 radical (unpaired) electrons. The monoisotopic (exact) mass is 418 g/mol. The molecule has 0 spiro atoms. The fourth-order valence-electron chi connectivity index (χ4n) is 2.53. The van der Waals surface area contributed by atoms with Crippen molar-refractivity contribution in [2.24, 2.45) is 5.10 Å². The van der Waals surface area contributed by atoms with E-state index < -0.39 is 4.92 Å². The van der Waals surface area contributed by atoms with Gasteiger partial charge in [0.15, 0.2) is 5.75 Å². The highest BCUT2D eigenvalue weighted by atomic mass is 32.1. The predicted molar refractivity (Wildman–Crippen MR) is 112 cm³/mol. The number of thiophene rings is 1. The van der Waals surface area contributed by atoms with Crippen LogP contribution in [0.15, 0.2) is 34.7 Å². The van der Waals surface area contributed by atoms with Gasteiger partial charge in [0.1, 0.15) is 0 Å². The quantitative estimate of drug-likeness (QED) is 0.316. The van der Waals surface area contributed by atoms with Crippen LogP contribution in [0.2, 0.25) is 0 Å². The van der Waals surface area contributed by atoms with Crippen LogP contribution in [0.1, 0.15) is 17.4 Å². The van der Waals surface area contributed by atoms with Crippen LogP contribution in [0.3, 0.4) is 0 Å². The number of ether oxygens (including phenoxy) is 2. The molecule has 0 aliphatic heterocycles. The number of rotatable bonds is 8. The van der Waals surface area contributed by atoms with Gasteiger partial charge < -0.3 is 9.47 Å². The number of nitro benzene ring substituents is 1. The lowest BCUT2D eigenvalue weighted by Gasteiger charge is -2.10. The Morgan fingerprint density at radius 1 is 1.43 bits per heavy atom. The molecule has 1 aromatic carbocycles. The first-order valence-electron chi connectivity index (χ1n) is 8.33. The van der Waals surface area contributed by atoms with Crippen molar-refractivity contribution in [3.63, 3.8) is 0 Å². The highest BCUT2D eigenvalue weighted by molar-refractivity contribution is 7.17. The largest absolute Gasteiger partial charge is 0.490 e. The Hall–Kier alpha value is -2.98. The molecule has 0 bridgehead atoms. The first-order valence-corrected chi connectivity index (χ1v) is 10.0. The smallest absolute Gasteiger partial charge is 0.315 e. The van der Waals surface area contributed by atoms with Gasteiger partial charge in [0.2, 0.25) is 10.9 Å². The number of aryl methyl sites for hydroxylation is 1. The van der Waals surface area contributed by atoms with Crippen molar-refractivity contribution < 1.29 is 14.4 Å². The van der Waals surface area contributed by atoms with Gasteiger partial charge in [0.25, 0.3) is 0 Å². The summed E-state index contributed by atoms with van der Waals surface area (Å²) in [6, 6.07) is 7.03. The van der Waals surface area contributed by atoms with E-state index >= 15 is 0 Å². The van der Waals surface area contributed by atoms with Crippen LogP contribution >= 0.6 is 22.7 Å². The average Bonchev–Trinajstić information content (AvgIpc) is 3.31. The molecule has 0 atom stereocenters. The second-order valence-electron chi connectivity index (χ2n) is 5.53. The molecule has 146 valence electrons. The number of nitrogens with one attached hydrogen (secondary N) is 1. The Morgan fingerprint density at radius 3 is 2.89 bits per heavy atom. The maximum Gasteiger partial charge on any atom is 0.315 e. The van der Waals surface area contributed by atoms with E-state index in [1.807, 2.05) is 24.4 Å². The predicted octanol–water partition coefficient (Wildman–Crippen LogP) is 4.94. The Bertz CT molecular complexity index is 999. The molecule has 1 N–H and O–H groups in total. The van der Waals surface area contributed by atoms with Gasteiger partial charge >= 0.3 is 5.69 Å². The Balaban J connectivity index is 1.82. The standard InChI is InChI=1S/C18H18N4O4S2/c1-4-26-14-9-12(8-13(22(23)24)17(14)25-3)10-19-21-18-20-16(11(2)28-18)15-6-5-7-27-15/h5-10H,4H2,1-3H3,(H,20,21)/b19-10-. The van der Waals surface area contributed by atoms with E-state index in [-0.39, 0.29) is 11.4 Å². The lowest BCUT2D eigenvalue weighted by Crippen LogP contribution is -2.01. The molecular formula is C18H18N4O4S2. The first-order chi connectivity index (χ1) is 13.5. The van der Waals surface area contributed by atoms with E-state index in [0.29, 0.717) is 23.1 Å². The van der Waals surface area contributed by atoms with Crippen LogP contribution < -0.4 is 14.9 Å². The topological polar surface area (TPSA) is 98.9 Å². The summed E-state index contributed by atoms with van der Waals surface area (Å²) in [6.07, 6.45) is 1.48. The summed E-state index contributed by atoms with van der Waals surface area (Å²) in [6.45, 7) is 4.16. The van der Waals surface area contributed by atoms with Gasteiger partial charge in [-0.25, -0.2) is 4.98 Å². The molecule has 2 aromatic heterocycles. The molecule has 0 amide bonds. The van der Waals surface area contributed by atoms with Gasteiger partial charge in [-0.05, 0) is 31.4 Å². The SMILES string of the molecule is CCOc1cc(/C=N\Nc2nc(-c3cccs3)c(C)s2)cc([N+](=O)[O-])c1OC. The molecule has 0 saturated carbocycles. The second kappa shape index (κ2) is 8.81. The zero-order valence-electron chi connectivity index (χ0n) is 15.5. The summed E-state index contributed by atoms with van der Waals surface area (Å²) in [4.78, 5) is 17.6. The van der Waals surface area contributed by atoms with Gasteiger partial charge in [-0.3, -0.25) is 15.5 Å². The third kappa shape index (κ3) is 4.29. The van der Waals surface area contributed by atoms with Crippen LogP contribution in [0.4, 0.5) is 10.8 Å². The Morgan fingerprint density at radius 2 is 2.25 bits per heavy atom. The Labute approximate surface area is 169 Å². The number of methoxy groups -OCH3 is 1. The summed E-state index contributed by atoms with van der Waals surface area (Å²) < 4.78 is 10.6. The summed E-state index contributed by atoms with van der Waals surface area (Å²) in [5, 5.41) is 18.2. The van der Waals surface area contributed by atoms with Gasteiger partial charge in [-0.2, -0.15) is 5.10 Å². The maximum absolute atomic E-state index is 11.3. The number of hydrogen-bond acceptors (Lipinski definition) is 9. The van der Waals surface area contributed by atoms with E-state index in [0.717, 1.165) is 15.4 Å². The van der Waals surface area contributed by atoms with E-state index in [9.17, 15) is 10.1 Å². The van der Waals surface area contributed by atoms with Gasteiger partial charge in [0, 0.05) is 16.5 Å². The molecule has 0 fully saturated rings. The molecule has 3 rings (SSSR count). The lowest BCUT2D eigenvalue weighted by molar-refractivity contribution is -0.385. The molecule has 10 heteroatoms. The number of hydrazone groups is 1. The van der Waals surface area contributed by atoms with E-state index in [1.165, 1.54) is 30.7 Å². The number of benzene rings is 1. The van der Waals surface area contributed by atoms with Gasteiger partial charge in [0.05, 0.1) is 35.4 Å². The molecule has 0 saturated heterocycles. The molecule has 3 aromatic rings. The molecule has 0 unspecified atom stereocenters. The van der Waals surface area contributed by atoms with E-state index in [4.69, 9.17) is 9.47 Å². The fourth-order valence-corrected chi connectivity index (χ4v) is 4.15. The maximum atomic E-state index is 11.3. The third-order valence-electron chi connectivity index (χ3n) is 3.68. The van der Waals surface area contributed by atoms with Gasteiger partial charge in [-0.1, -0.05) is 6.07 Å². The normalized spacial score (nSPS) is 11.0. The van der Waals surface area contributed by atoms with Crippen LogP contribution in [0, 0.1) is 17.0 Å². The number of nitrogens with zero attached hydrogens (tertiary/aromatic N) is 3. The van der Waals surface area contributed by atoms with Crippen molar-refractivity contribution in [3.05, 3.63) is 50.2 Å². The van der Waals surface area contributed by atoms with Crippen LogP contribution in [-0.2, 0) is 0 Å². The molecule has 8 nitrogen and oxygen atoms in total.